The van der Waals surface area contributed by atoms with Crippen molar-refractivity contribution >= 4 is 21.9 Å². The van der Waals surface area contributed by atoms with Crippen LogP contribution in [-0.2, 0) is 9.53 Å². The number of likely N-dealkylation sites (tertiary alicyclic amines) is 1. The summed E-state index contributed by atoms with van der Waals surface area (Å²) < 4.78 is 5.90. The van der Waals surface area contributed by atoms with Gasteiger partial charge < -0.3 is 9.84 Å². The van der Waals surface area contributed by atoms with Gasteiger partial charge in [-0.05, 0) is 30.5 Å². The highest BCUT2D eigenvalue weighted by molar-refractivity contribution is 9.10. The van der Waals surface area contributed by atoms with Crippen molar-refractivity contribution < 1.29 is 14.6 Å². The number of aliphatic hydroxyl groups is 1. The molecular weight excluding hydrogens is 310 g/mol. The van der Waals surface area contributed by atoms with E-state index in [1.165, 1.54) is 7.11 Å². The summed E-state index contributed by atoms with van der Waals surface area (Å²) in [6.45, 7) is 1.41. The molecule has 1 saturated heterocycles. The molecule has 1 fully saturated rings. The smallest absolute Gasteiger partial charge is 0.327 e. The predicted molar refractivity (Wildman–Crippen MR) is 75.7 cm³/mol. The summed E-state index contributed by atoms with van der Waals surface area (Å²) in [4.78, 5) is 14.1. The maximum Gasteiger partial charge on any atom is 0.327 e. The molecule has 1 atom stereocenters. The fraction of sp³-hybridized carbons (Fsp3) is 0.500. The summed E-state index contributed by atoms with van der Waals surface area (Å²) in [7, 11) is 1.41. The fourth-order valence-corrected chi connectivity index (χ4v) is 2.66. The quantitative estimate of drug-likeness (QED) is 0.864. The zero-order valence-electron chi connectivity index (χ0n) is 10.9. The lowest BCUT2D eigenvalue weighted by molar-refractivity contribution is -0.148. The Hall–Kier alpha value is -0.910. The number of benzene rings is 1. The lowest BCUT2D eigenvalue weighted by Gasteiger charge is -2.34. The van der Waals surface area contributed by atoms with Crippen molar-refractivity contribution in [1.29, 1.82) is 0 Å². The molecule has 19 heavy (non-hydrogen) atoms. The number of halogens is 1. The molecule has 1 aliphatic rings. The third kappa shape index (κ3) is 3.55. The lowest BCUT2D eigenvalue weighted by atomic mass is 10.0. The van der Waals surface area contributed by atoms with E-state index >= 15 is 0 Å². The summed E-state index contributed by atoms with van der Waals surface area (Å²) in [6.07, 6.45) is 1.15. The van der Waals surface area contributed by atoms with Crippen LogP contribution in [0.4, 0.5) is 0 Å². The van der Waals surface area contributed by atoms with Gasteiger partial charge in [-0.2, -0.15) is 0 Å². The Bertz CT molecular complexity index is 427. The van der Waals surface area contributed by atoms with E-state index in [0.29, 0.717) is 25.9 Å². The number of ether oxygens (including phenoxy) is 1. The van der Waals surface area contributed by atoms with Crippen molar-refractivity contribution in [3.63, 3.8) is 0 Å². The fourth-order valence-electron chi connectivity index (χ4n) is 2.40. The first-order valence-electron chi connectivity index (χ1n) is 6.37. The van der Waals surface area contributed by atoms with Gasteiger partial charge in [-0.25, -0.2) is 4.79 Å². The van der Waals surface area contributed by atoms with Gasteiger partial charge in [-0.15, -0.1) is 0 Å². The molecule has 0 saturated carbocycles. The number of rotatable bonds is 3. The number of hydrogen-bond acceptors (Lipinski definition) is 4. The molecule has 0 bridgehead atoms. The first-order chi connectivity index (χ1) is 9.11. The largest absolute Gasteiger partial charge is 0.468 e. The van der Waals surface area contributed by atoms with Crippen LogP contribution >= 0.6 is 15.9 Å². The Labute approximate surface area is 121 Å². The van der Waals surface area contributed by atoms with E-state index in [9.17, 15) is 9.90 Å². The molecule has 0 unspecified atom stereocenters. The highest BCUT2D eigenvalue weighted by Crippen LogP contribution is 2.27. The minimum absolute atomic E-state index is 0.250. The number of carbonyl (C=O) groups is 1. The monoisotopic (exact) mass is 327 g/mol. The molecule has 1 heterocycles. The standard InChI is InChI=1S/C14H18BrNO3/c1-19-14(18)13(10-2-4-11(15)5-3-10)16-8-6-12(17)7-9-16/h2-5,12-13,17H,6-9H2,1H3/t13-/m1/s1. The molecule has 0 aliphatic carbocycles. The molecular formula is C14H18BrNO3. The van der Waals surface area contributed by atoms with Crippen LogP contribution in [0, 0.1) is 0 Å². The summed E-state index contributed by atoms with van der Waals surface area (Å²) in [6, 6.07) is 7.31. The summed E-state index contributed by atoms with van der Waals surface area (Å²) in [5.41, 5.74) is 0.923. The van der Waals surface area contributed by atoms with E-state index in [-0.39, 0.29) is 18.1 Å². The van der Waals surface area contributed by atoms with Crippen LogP contribution in [0.1, 0.15) is 24.4 Å². The van der Waals surface area contributed by atoms with Crippen LogP contribution in [0.3, 0.4) is 0 Å². The van der Waals surface area contributed by atoms with Crippen LogP contribution in [0.25, 0.3) is 0 Å². The first kappa shape index (κ1) is 14.5. The molecule has 0 spiro atoms. The van der Waals surface area contributed by atoms with Crippen molar-refractivity contribution in [3.05, 3.63) is 34.3 Å². The Kier molecular flexibility index (Phi) is 4.96. The van der Waals surface area contributed by atoms with E-state index in [0.717, 1.165) is 10.0 Å². The molecule has 2 rings (SSSR count). The summed E-state index contributed by atoms with van der Waals surface area (Å²) >= 11 is 3.39. The van der Waals surface area contributed by atoms with Crippen LogP contribution in [0.15, 0.2) is 28.7 Å². The number of piperidine rings is 1. The minimum Gasteiger partial charge on any atom is -0.468 e. The van der Waals surface area contributed by atoms with Crippen molar-refractivity contribution in [1.82, 2.24) is 4.90 Å². The molecule has 1 aromatic rings. The van der Waals surface area contributed by atoms with Gasteiger partial charge in [0, 0.05) is 17.6 Å². The number of esters is 1. The van der Waals surface area contributed by atoms with Crippen molar-refractivity contribution in [2.45, 2.75) is 25.0 Å². The molecule has 5 heteroatoms. The zero-order valence-corrected chi connectivity index (χ0v) is 12.5. The maximum absolute atomic E-state index is 12.0. The van der Waals surface area contributed by atoms with Crippen molar-refractivity contribution in [3.8, 4) is 0 Å². The van der Waals surface area contributed by atoms with E-state index < -0.39 is 0 Å². The second-order valence-electron chi connectivity index (χ2n) is 4.74. The first-order valence-corrected chi connectivity index (χ1v) is 7.16. The summed E-state index contributed by atoms with van der Waals surface area (Å²) in [5.74, 6) is -0.251. The van der Waals surface area contributed by atoms with E-state index in [4.69, 9.17) is 4.74 Å². The molecule has 1 N–H and O–H groups in total. The second kappa shape index (κ2) is 6.50. The molecule has 1 aromatic carbocycles. The SMILES string of the molecule is COC(=O)[C@@H](c1ccc(Br)cc1)N1CCC(O)CC1. The Morgan fingerprint density at radius 3 is 2.47 bits per heavy atom. The zero-order chi connectivity index (χ0) is 13.8. The highest BCUT2D eigenvalue weighted by Gasteiger charge is 2.31. The molecule has 0 radical (unpaired) electrons. The van der Waals surface area contributed by atoms with Crippen molar-refractivity contribution in [2.24, 2.45) is 0 Å². The third-order valence-corrected chi connectivity index (χ3v) is 4.00. The number of hydrogen-bond donors (Lipinski definition) is 1. The average Bonchev–Trinajstić information content (AvgIpc) is 2.43. The van der Waals surface area contributed by atoms with E-state index in [2.05, 4.69) is 20.8 Å². The van der Waals surface area contributed by atoms with Gasteiger partial charge in [-0.1, -0.05) is 28.1 Å². The van der Waals surface area contributed by atoms with Crippen LogP contribution < -0.4 is 0 Å². The van der Waals surface area contributed by atoms with Gasteiger partial charge in [-0.3, -0.25) is 4.90 Å². The van der Waals surface area contributed by atoms with Gasteiger partial charge in [0.2, 0.25) is 0 Å². The van der Waals surface area contributed by atoms with E-state index in [1.54, 1.807) is 0 Å². The van der Waals surface area contributed by atoms with Gasteiger partial charge >= 0.3 is 5.97 Å². The molecule has 104 valence electrons. The highest BCUT2D eigenvalue weighted by atomic mass is 79.9. The van der Waals surface area contributed by atoms with Crippen LogP contribution in [0.2, 0.25) is 0 Å². The summed E-state index contributed by atoms with van der Waals surface area (Å²) in [5, 5.41) is 9.56. The Morgan fingerprint density at radius 1 is 1.37 bits per heavy atom. The topological polar surface area (TPSA) is 49.8 Å². The Balaban J connectivity index is 2.21. The molecule has 0 amide bonds. The number of nitrogens with zero attached hydrogens (tertiary/aromatic N) is 1. The van der Waals surface area contributed by atoms with Gasteiger partial charge in [0.05, 0.1) is 13.2 Å². The third-order valence-electron chi connectivity index (χ3n) is 3.47. The average molecular weight is 328 g/mol. The molecule has 1 aliphatic heterocycles. The number of methoxy groups -OCH3 is 1. The number of carbonyl (C=O) groups excluding carboxylic acids is 1. The predicted octanol–water partition coefficient (Wildman–Crippen LogP) is 2.12. The Morgan fingerprint density at radius 2 is 1.95 bits per heavy atom. The molecule has 0 aromatic heterocycles. The van der Waals surface area contributed by atoms with Crippen molar-refractivity contribution in [2.75, 3.05) is 20.2 Å². The molecule has 4 nitrogen and oxygen atoms in total. The normalized spacial score (nSPS) is 19.1. The van der Waals surface area contributed by atoms with Crippen LogP contribution in [-0.4, -0.2) is 42.3 Å². The van der Waals surface area contributed by atoms with Gasteiger partial charge in [0.15, 0.2) is 0 Å². The number of aliphatic hydroxyl groups excluding tert-OH is 1. The maximum atomic E-state index is 12.0. The minimum atomic E-state index is -0.384. The van der Waals surface area contributed by atoms with Gasteiger partial charge in [0.25, 0.3) is 0 Å². The van der Waals surface area contributed by atoms with E-state index in [1.807, 2.05) is 24.3 Å². The van der Waals surface area contributed by atoms with Gasteiger partial charge in [0.1, 0.15) is 6.04 Å². The van der Waals surface area contributed by atoms with Crippen LogP contribution in [0.5, 0.6) is 0 Å². The second-order valence-corrected chi connectivity index (χ2v) is 5.66. The lowest BCUT2D eigenvalue weighted by Crippen LogP contribution is -2.41.